The van der Waals surface area contributed by atoms with Crippen molar-refractivity contribution in [1.82, 2.24) is 4.98 Å². The predicted octanol–water partition coefficient (Wildman–Crippen LogP) is 3.83. The van der Waals surface area contributed by atoms with Crippen LogP contribution in [0.25, 0.3) is 11.5 Å². The number of hydrogen-bond donors (Lipinski definition) is 1. The Morgan fingerprint density at radius 2 is 2.04 bits per heavy atom. The maximum Gasteiger partial charge on any atom is 0.226 e. The highest BCUT2D eigenvalue weighted by Crippen LogP contribution is 2.23. The Bertz CT molecular complexity index is 832. The second-order valence-corrected chi connectivity index (χ2v) is 4.92. The number of aromatic nitrogens is 1. The fourth-order valence-corrected chi connectivity index (χ4v) is 2.13. The molecule has 0 radical (unpaired) electrons. The van der Waals surface area contributed by atoms with Crippen LogP contribution in [0.1, 0.15) is 11.3 Å². The van der Waals surface area contributed by atoms with Crippen molar-refractivity contribution in [3.05, 3.63) is 66.1 Å². The van der Waals surface area contributed by atoms with Crippen molar-refractivity contribution in [3.8, 4) is 23.3 Å². The summed E-state index contributed by atoms with van der Waals surface area (Å²) >= 11 is 0. The fourth-order valence-electron chi connectivity index (χ4n) is 2.13. The molecular formula is C18H15N3O2. The van der Waals surface area contributed by atoms with E-state index in [0.717, 1.165) is 22.7 Å². The molecule has 2 aromatic carbocycles. The summed E-state index contributed by atoms with van der Waals surface area (Å²) in [6.45, 7) is 0.541. The van der Waals surface area contributed by atoms with Gasteiger partial charge >= 0.3 is 0 Å². The van der Waals surface area contributed by atoms with Crippen molar-refractivity contribution in [2.45, 2.75) is 6.54 Å². The van der Waals surface area contributed by atoms with Crippen LogP contribution in [0.2, 0.25) is 0 Å². The molecule has 1 aromatic heterocycles. The molecule has 0 amide bonds. The van der Waals surface area contributed by atoms with Crippen molar-refractivity contribution in [2.75, 3.05) is 12.4 Å². The van der Waals surface area contributed by atoms with E-state index in [0.29, 0.717) is 18.0 Å². The summed E-state index contributed by atoms with van der Waals surface area (Å²) in [5.41, 5.74) is 3.23. The van der Waals surface area contributed by atoms with Crippen LogP contribution in [0, 0.1) is 11.3 Å². The molecule has 3 aromatic rings. The van der Waals surface area contributed by atoms with Gasteiger partial charge in [0, 0.05) is 11.3 Å². The molecule has 0 atom stereocenters. The van der Waals surface area contributed by atoms with E-state index in [1.54, 1.807) is 25.5 Å². The topological polar surface area (TPSA) is 71.1 Å². The standard InChI is InChI=1S/C18H15N3O2/c1-22-17-4-2-3-14(9-17)18-21-16(12-23-18)11-20-15-7-5-13(10-19)6-8-15/h2-9,12,20H,11H2,1H3. The molecule has 0 bridgehead atoms. The van der Waals surface area contributed by atoms with Crippen molar-refractivity contribution < 1.29 is 9.15 Å². The zero-order valence-corrected chi connectivity index (χ0v) is 12.6. The number of methoxy groups -OCH3 is 1. The first-order valence-corrected chi connectivity index (χ1v) is 7.11. The van der Waals surface area contributed by atoms with Gasteiger partial charge in [0.2, 0.25) is 5.89 Å². The summed E-state index contributed by atoms with van der Waals surface area (Å²) in [7, 11) is 1.63. The van der Waals surface area contributed by atoms with Crippen LogP contribution in [0.15, 0.2) is 59.2 Å². The fraction of sp³-hybridized carbons (Fsp3) is 0.111. The molecule has 1 heterocycles. The second-order valence-electron chi connectivity index (χ2n) is 4.92. The number of hydrogen-bond acceptors (Lipinski definition) is 5. The number of anilines is 1. The van der Waals surface area contributed by atoms with Gasteiger partial charge in [0.25, 0.3) is 0 Å². The zero-order valence-electron chi connectivity index (χ0n) is 12.6. The Morgan fingerprint density at radius 1 is 1.22 bits per heavy atom. The van der Waals surface area contributed by atoms with E-state index < -0.39 is 0 Å². The number of nitrogens with zero attached hydrogens (tertiary/aromatic N) is 2. The third-order valence-electron chi connectivity index (χ3n) is 3.36. The number of rotatable bonds is 5. The molecule has 23 heavy (non-hydrogen) atoms. The molecule has 0 saturated heterocycles. The Labute approximate surface area is 134 Å². The van der Waals surface area contributed by atoms with Gasteiger partial charge in [0.05, 0.1) is 31.0 Å². The van der Waals surface area contributed by atoms with Gasteiger partial charge in [-0.2, -0.15) is 5.26 Å². The molecule has 0 spiro atoms. The van der Waals surface area contributed by atoms with Crippen molar-refractivity contribution in [3.63, 3.8) is 0 Å². The van der Waals surface area contributed by atoms with Gasteiger partial charge in [-0.25, -0.2) is 4.98 Å². The summed E-state index contributed by atoms with van der Waals surface area (Å²) in [6, 6.07) is 16.9. The second kappa shape index (κ2) is 6.67. The van der Waals surface area contributed by atoms with E-state index in [1.807, 2.05) is 36.4 Å². The molecular weight excluding hydrogens is 290 g/mol. The molecule has 0 aliphatic carbocycles. The lowest BCUT2D eigenvalue weighted by Crippen LogP contribution is -1.99. The van der Waals surface area contributed by atoms with Gasteiger partial charge in [0.1, 0.15) is 12.0 Å². The predicted molar refractivity (Wildman–Crippen MR) is 87.0 cm³/mol. The summed E-state index contributed by atoms with van der Waals surface area (Å²) < 4.78 is 10.7. The molecule has 3 rings (SSSR count). The minimum atomic E-state index is 0.541. The number of ether oxygens (including phenoxy) is 1. The zero-order chi connectivity index (χ0) is 16.1. The minimum Gasteiger partial charge on any atom is -0.497 e. The van der Waals surface area contributed by atoms with Crippen LogP contribution in [-0.4, -0.2) is 12.1 Å². The first-order valence-electron chi connectivity index (χ1n) is 7.11. The highest BCUT2D eigenvalue weighted by Gasteiger charge is 2.07. The molecule has 0 fully saturated rings. The first-order chi connectivity index (χ1) is 11.3. The van der Waals surface area contributed by atoms with Crippen LogP contribution in [0.4, 0.5) is 5.69 Å². The van der Waals surface area contributed by atoms with Gasteiger partial charge in [-0.1, -0.05) is 6.07 Å². The smallest absolute Gasteiger partial charge is 0.226 e. The first kappa shape index (κ1) is 14.7. The molecule has 0 unspecified atom stereocenters. The van der Waals surface area contributed by atoms with Gasteiger partial charge in [0.15, 0.2) is 0 Å². The molecule has 0 aliphatic heterocycles. The van der Waals surface area contributed by atoms with Crippen molar-refractivity contribution in [2.24, 2.45) is 0 Å². The number of benzene rings is 2. The van der Waals surface area contributed by atoms with Gasteiger partial charge in [-0.05, 0) is 42.5 Å². The van der Waals surface area contributed by atoms with Gasteiger partial charge < -0.3 is 14.5 Å². The Kier molecular flexibility index (Phi) is 4.25. The maximum atomic E-state index is 8.78. The SMILES string of the molecule is COc1cccc(-c2nc(CNc3ccc(C#N)cc3)co2)c1. The highest BCUT2D eigenvalue weighted by atomic mass is 16.5. The number of oxazole rings is 1. The van der Waals surface area contributed by atoms with Crippen LogP contribution in [0.3, 0.4) is 0 Å². The quantitative estimate of drug-likeness (QED) is 0.775. The molecule has 0 aliphatic rings. The molecule has 1 N–H and O–H groups in total. The van der Waals surface area contributed by atoms with Crippen LogP contribution >= 0.6 is 0 Å². The summed E-state index contributed by atoms with van der Waals surface area (Å²) in [5, 5.41) is 12.0. The molecule has 0 saturated carbocycles. The third-order valence-corrected chi connectivity index (χ3v) is 3.36. The largest absolute Gasteiger partial charge is 0.497 e. The monoisotopic (exact) mass is 305 g/mol. The minimum absolute atomic E-state index is 0.541. The Balaban J connectivity index is 1.68. The number of nitriles is 1. The van der Waals surface area contributed by atoms with Crippen LogP contribution < -0.4 is 10.1 Å². The van der Waals surface area contributed by atoms with E-state index in [4.69, 9.17) is 14.4 Å². The normalized spacial score (nSPS) is 10.1. The Morgan fingerprint density at radius 3 is 2.78 bits per heavy atom. The molecule has 5 nitrogen and oxygen atoms in total. The lowest BCUT2D eigenvalue weighted by atomic mass is 10.2. The van der Waals surface area contributed by atoms with E-state index in [-0.39, 0.29) is 0 Å². The molecule has 114 valence electrons. The lowest BCUT2D eigenvalue weighted by molar-refractivity contribution is 0.414. The average molecular weight is 305 g/mol. The Hall–Kier alpha value is -3.26. The van der Waals surface area contributed by atoms with E-state index in [2.05, 4.69) is 16.4 Å². The van der Waals surface area contributed by atoms with E-state index in [9.17, 15) is 0 Å². The van der Waals surface area contributed by atoms with Crippen LogP contribution in [0.5, 0.6) is 5.75 Å². The third kappa shape index (κ3) is 3.50. The summed E-state index contributed by atoms with van der Waals surface area (Å²) in [5.74, 6) is 1.32. The average Bonchev–Trinajstić information content (AvgIpc) is 3.09. The summed E-state index contributed by atoms with van der Waals surface area (Å²) in [4.78, 5) is 4.47. The van der Waals surface area contributed by atoms with Gasteiger partial charge in [-0.15, -0.1) is 0 Å². The maximum absolute atomic E-state index is 8.78. The van der Waals surface area contributed by atoms with E-state index >= 15 is 0 Å². The van der Waals surface area contributed by atoms with Crippen LogP contribution in [-0.2, 0) is 6.54 Å². The lowest BCUT2D eigenvalue weighted by Gasteiger charge is -2.03. The van der Waals surface area contributed by atoms with E-state index in [1.165, 1.54) is 0 Å². The number of nitrogens with one attached hydrogen (secondary N) is 1. The highest BCUT2D eigenvalue weighted by molar-refractivity contribution is 5.56. The summed E-state index contributed by atoms with van der Waals surface area (Å²) in [6.07, 6.45) is 1.63. The van der Waals surface area contributed by atoms with Crippen molar-refractivity contribution in [1.29, 1.82) is 5.26 Å². The van der Waals surface area contributed by atoms with Crippen molar-refractivity contribution >= 4 is 5.69 Å². The van der Waals surface area contributed by atoms with Gasteiger partial charge in [-0.3, -0.25) is 0 Å². The molecule has 5 heteroatoms.